The van der Waals surface area contributed by atoms with Gasteiger partial charge in [0, 0.05) is 18.8 Å². The summed E-state index contributed by atoms with van der Waals surface area (Å²) in [7, 11) is 0. The third-order valence-electron chi connectivity index (χ3n) is 3.01. The van der Waals surface area contributed by atoms with Gasteiger partial charge in [-0.05, 0) is 30.9 Å². The fourth-order valence-electron chi connectivity index (χ4n) is 2.06. The van der Waals surface area contributed by atoms with E-state index in [1.165, 1.54) is 12.5 Å². The van der Waals surface area contributed by atoms with Gasteiger partial charge in [-0.25, -0.2) is 9.37 Å². The highest BCUT2D eigenvalue weighted by molar-refractivity contribution is 5.35. The average molecular weight is 209 g/mol. The molecule has 2 rings (SSSR count). The van der Waals surface area contributed by atoms with Gasteiger partial charge >= 0.3 is 0 Å². The first-order chi connectivity index (χ1) is 7.27. The van der Waals surface area contributed by atoms with E-state index < -0.39 is 0 Å². The summed E-state index contributed by atoms with van der Waals surface area (Å²) in [4.78, 5) is 3.94. The van der Waals surface area contributed by atoms with Crippen LogP contribution in [0.1, 0.15) is 19.3 Å². The van der Waals surface area contributed by atoms with E-state index in [4.69, 9.17) is 5.73 Å². The Morgan fingerprint density at radius 1 is 1.53 bits per heavy atom. The third kappa shape index (κ3) is 2.45. The number of hydrogen-bond donors (Lipinski definition) is 2. The third-order valence-corrected chi connectivity index (χ3v) is 3.01. The molecule has 0 spiro atoms. The van der Waals surface area contributed by atoms with Gasteiger partial charge in [-0.1, -0.05) is 6.42 Å². The van der Waals surface area contributed by atoms with Crippen LogP contribution in [0.5, 0.6) is 0 Å². The predicted molar refractivity (Wildman–Crippen MR) is 58.0 cm³/mol. The molecule has 0 amide bonds. The van der Waals surface area contributed by atoms with E-state index in [1.54, 1.807) is 12.3 Å². The first-order valence-corrected chi connectivity index (χ1v) is 5.37. The number of aromatic nitrogens is 1. The van der Waals surface area contributed by atoms with E-state index in [2.05, 4.69) is 10.3 Å². The number of nitrogens with one attached hydrogen (secondary N) is 1. The van der Waals surface area contributed by atoms with Crippen LogP contribution >= 0.6 is 0 Å². The molecule has 2 unspecified atom stereocenters. The number of anilines is 1. The molecule has 15 heavy (non-hydrogen) atoms. The largest absolute Gasteiger partial charge is 0.367 e. The minimum atomic E-state index is -0.302. The minimum absolute atomic E-state index is 0.254. The molecule has 0 saturated heterocycles. The van der Waals surface area contributed by atoms with Gasteiger partial charge < -0.3 is 11.1 Å². The number of nitrogens with two attached hydrogens (primary N) is 1. The molecule has 3 nitrogen and oxygen atoms in total. The summed E-state index contributed by atoms with van der Waals surface area (Å²) in [6, 6.07) is 3.25. The molecular weight excluding hydrogens is 193 g/mol. The molecular formula is C11H16FN3. The molecule has 1 aliphatic rings. The molecule has 0 aromatic carbocycles. The lowest BCUT2D eigenvalue weighted by molar-refractivity contribution is 0.502. The Bertz CT molecular complexity index is 329. The zero-order valence-corrected chi connectivity index (χ0v) is 8.62. The molecule has 0 radical (unpaired) electrons. The van der Waals surface area contributed by atoms with E-state index in [0.717, 1.165) is 19.4 Å². The Morgan fingerprint density at radius 3 is 3.07 bits per heavy atom. The smallest absolute Gasteiger partial charge is 0.165 e. The molecule has 1 fully saturated rings. The van der Waals surface area contributed by atoms with Crippen LogP contribution in [0.3, 0.4) is 0 Å². The van der Waals surface area contributed by atoms with Crippen molar-refractivity contribution in [2.45, 2.75) is 25.3 Å². The van der Waals surface area contributed by atoms with Crippen LogP contribution in [0.4, 0.5) is 10.2 Å². The number of halogens is 1. The molecule has 1 saturated carbocycles. The summed E-state index contributed by atoms with van der Waals surface area (Å²) in [6.07, 6.45) is 4.97. The summed E-state index contributed by atoms with van der Waals surface area (Å²) in [6.45, 7) is 0.717. The molecule has 2 atom stereocenters. The van der Waals surface area contributed by atoms with Crippen molar-refractivity contribution in [1.29, 1.82) is 0 Å². The summed E-state index contributed by atoms with van der Waals surface area (Å²) in [5, 5.41) is 3.02. The zero-order chi connectivity index (χ0) is 10.7. The van der Waals surface area contributed by atoms with Gasteiger partial charge in [0.05, 0.1) is 0 Å². The summed E-state index contributed by atoms with van der Waals surface area (Å²) in [5.74, 6) is 0.479. The average Bonchev–Trinajstić information content (AvgIpc) is 2.63. The highest BCUT2D eigenvalue weighted by atomic mass is 19.1. The van der Waals surface area contributed by atoms with Crippen molar-refractivity contribution in [2.75, 3.05) is 11.9 Å². The number of hydrogen-bond acceptors (Lipinski definition) is 3. The van der Waals surface area contributed by atoms with Gasteiger partial charge in [-0.15, -0.1) is 0 Å². The molecule has 4 heteroatoms. The lowest BCUT2D eigenvalue weighted by atomic mass is 10.1. The van der Waals surface area contributed by atoms with Crippen LogP contribution < -0.4 is 11.1 Å². The maximum absolute atomic E-state index is 13.2. The normalized spacial score (nSPS) is 25.5. The Morgan fingerprint density at radius 2 is 2.40 bits per heavy atom. The van der Waals surface area contributed by atoms with Gasteiger partial charge in [0.1, 0.15) is 0 Å². The fourth-order valence-corrected chi connectivity index (χ4v) is 2.06. The van der Waals surface area contributed by atoms with Crippen molar-refractivity contribution >= 4 is 5.82 Å². The van der Waals surface area contributed by atoms with Crippen LogP contribution in [0.25, 0.3) is 0 Å². The maximum Gasteiger partial charge on any atom is 0.165 e. The van der Waals surface area contributed by atoms with Gasteiger partial charge in [0.2, 0.25) is 0 Å². The molecule has 1 heterocycles. The van der Waals surface area contributed by atoms with Crippen LogP contribution in [0.2, 0.25) is 0 Å². The lowest BCUT2D eigenvalue weighted by Gasteiger charge is -2.16. The predicted octanol–water partition coefficient (Wildman–Crippen LogP) is 1.76. The van der Waals surface area contributed by atoms with E-state index in [0.29, 0.717) is 11.7 Å². The van der Waals surface area contributed by atoms with Crippen LogP contribution in [-0.4, -0.2) is 17.6 Å². The molecule has 1 aromatic heterocycles. The molecule has 82 valence electrons. The van der Waals surface area contributed by atoms with E-state index >= 15 is 0 Å². The SMILES string of the molecule is NC1CCCC1CNc1ncccc1F. The second-order valence-electron chi connectivity index (χ2n) is 4.07. The highest BCUT2D eigenvalue weighted by Crippen LogP contribution is 2.24. The fraction of sp³-hybridized carbons (Fsp3) is 0.545. The van der Waals surface area contributed by atoms with Crippen molar-refractivity contribution in [1.82, 2.24) is 4.98 Å². The minimum Gasteiger partial charge on any atom is -0.367 e. The topological polar surface area (TPSA) is 50.9 Å². The quantitative estimate of drug-likeness (QED) is 0.797. The maximum atomic E-state index is 13.2. The van der Waals surface area contributed by atoms with Crippen LogP contribution in [0.15, 0.2) is 18.3 Å². The summed E-state index contributed by atoms with van der Waals surface area (Å²) in [5.41, 5.74) is 5.93. The van der Waals surface area contributed by atoms with Crippen molar-refractivity contribution in [3.8, 4) is 0 Å². The van der Waals surface area contributed by atoms with Gasteiger partial charge in [0.15, 0.2) is 11.6 Å². The molecule has 1 aliphatic carbocycles. The Balaban J connectivity index is 1.90. The first kappa shape index (κ1) is 10.4. The van der Waals surface area contributed by atoms with E-state index in [1.807, 2.05) is 0 Å². The number of pyridine rings is 1. The van der Waals surface area contributed by atoms with E-state index in [-0.39, 0.29) is 11.9 Å². The monoisotopic (exact) mass is 209 g/mol. The van der Waals surface area contributed by atoms with Crippen molar-refractivity contribution in [3.63, 3.8) is 0 Å². The number of nitrogens with zero attached hydrogens (tertiary/aromatic N) is 1. The Hall–Kier alpha value is -1.16. The highest BCUT2D eigenvalue weighted by Gasteiger charge is 2.23. The number of rotatable bonds is 3. The summed E-state index contributed by atoms with van der Waals surface area (Å²) >= 11 is 0. The lowest BCUT2D eigenvalue weighted by Crippen LogP contribution is -2.29. The Labute approximate surface area is 88.9 Å². The van der Waals surface area contributed by atoms with Gasteiger partial charge in [-0.2, -0.15) is 0 Å². The summed E-state index contributed by atoms with van der Waals surface area (Å²) < 4.78 is 13.2. The van der Waals surface area contributed by atoms with Crippen molar-refractivity contribution in [2.24, 2.45) is 11.7 Å². The standard InChI is InChI=1S/C11H16FN3/c12-9-4-2-6-14-11(9)15-7-8-3-1-5-10(8)13/h2,4,6,8,10H,1,3,5,7,13H2,(H,14,15). The Kier molecular flexibility index (Phi) is 3.16. The first-order valence-electron chi connectivity index (χ1n) is 5.37. The molecule has 1 aromatic rings. The van der Waals surface area contributed by atoms with Crippen molar-refractivity contribution < 1.29 is 4.39 Å². The van der Waals surface area contributed by atoms with E-state index in [9.17, 15) is 4.39 Å². The zero-order valence-electron chi connectivity index (χ0n) is 8.62. The molecule has 0 bridgehead atoms. The second kappa shape index (κ2) is 4.57. The van der Waals surface area contributed by atoms with Gasteiger partial charge in [0.25, 0.3) is 0 Å². The molecule has 0 aliphatic heterocycles. The van der Waals surface area contributed by atoms with Crippen molar-refractivity contribution in [3.05, 3.63) is 24.1 Å². The molecule has 3 N–H and O–H groups in total. The van der Waals surface area contributed by atoms with Crippen LogP contribution in [0, 0.1) is 11.7 Å². The van der Waals surface area contributed by atoms with Crippen LogP contribution in [-0.2, 0) is 0 Å². The van der Waals surface area contributed by atoms with Gasteiger partial charge in [-0.3, -0.25) is 0 Å². The second-order valence-corrected chi connectivity index (χ2v) is 4.07.